The molecule has 0 radical (unpaired) electrons. The number of nitrogens with one attached hydrogen (secondary N) is 1. The molecule has 7 rings (SSSR count). The van der Waals surface area contributed by atoms with E-state index in [4.69, 9.17) is 0 Å². The topological polar surface area (TPSA) is 90.5 Å². The van der Waals surface area contributed by atoms with E-state index in [1.807, 2.05) is 12.1 Å². The summed E-state index contributed by atoms with van der Waals surface area (Å²) in [6.45, 7) is 0. The Bertz CT molecular complexity index is 1510. The number of phenols is 1. The molecule has 2 aliphatic heterocycles. The van der Waals surface area contributed by atoms with Crippen LogP contribution in [-0.2, 0) is 15.8 Å². The summed E-state index contributed by atoms with van der Waals surface area (Å²) in [6.07, 6.45) is -3.91. The van der Waals surface area contributed by atoms with Crippen LogP contribution in [-0.4, -0.2) is 27.2 Å². The Balaban J connectivity index is 1.30. The average molecular weight is 545 g/mol. The SMILES string of the molecule is O=C1[C@@H]2[C@H]3C[C@@H]([C@@H]4Sc5[nH]c(=O)sc5[C@H](c5ccc(O)cc5)[C@H]34)[C@H]2C(=O)N1c1cccc(C(F)(F)F)c1. The minimum absolute atomic E-state index is 0.0268. The van der Waals surface area contributed by atoms with Crippen LogP contribution in [0.2, 0.25) is 0 Å². The molecule has 2 aromatic carbocycles. The van der Waals surface area contributed by atoms with Gasteiger partial charge in [0.05, 0.1) is 28.1 Å². The fourth-order valence-corrected chi connectivity index (χ4v) is 10.0. The number of thiazole rings is 1. The number of H-pyrrole nitrogens is 1. The molecule has 4 aliphatic rings. The quantitative estimate of drug-likeness (QED) is 0.451. The number of nitrogens with zero attached hydrogens (tertiary/aromatic N) is 1. The van der Waals surface area contributed by atoms with E-state index in [-0.39, 0.29) is 45.2 Å². The zero-order valence-electron chi connectivity index (χ0n) is 18.9. The molecule has 11 heteroatoms. The summed E-state index contributed by atoms with van der Waals surface area (Å²) in [4.78, 5) is 44.2. The highest BCUT2D eigenvalue weighted by Gasteiger charge is 2.69. The van der Waals surface area contributed by atoms with Crippen molar-refractivity contribution in [1.29, 1.82) is 0 Å². The van der Waals surface area contributed by atoms with Gasteiger partial charge in [-0.15, -0.1) is 11.8 Å². The number of aromatic hydroxyl groups is 1. The Labute approximate surface area is 216 Å². The maximum atomic E-state index is 13.7. The predicted molar refractivity (Wildman–Crippen MR) is 131 cm³/mol. The van der Waals surface area contributed by atoms with E-state index in [0.29, 0.717) is 6.42 Å². The third-order valence-corrected chi connectivity index (χ3v) is 11.0. The summed E-state index contributed by atoms with van der Waals surface area (Å²) < 4.78 is 40.0. The number of aromatic amines is 1. The molecule has 3 fully saturated rings. The first kappa shape index (κ1) is 23.1. The molecule has 3 aromatic rings. The molecule has 6 nitrogen and oxygen atoms in total. The summed E-state index contributed by atoms with van der Waals surface area (Å²) >= 11 is 2.68. The van der Waals surface area contributed by atoms with E-state index in [9.17, 15) is 32.7 Å². The third-order valence-electron chi connectivity index (χ3n) is 8.41. The van der Waals surface area contributed by atoms with Crippen LogP contribution in [0.5, 0.6) is 5.75 Å². The number of thioether (sulfide) groups is 1. The predicted octanol–water partition coefficient (Wildman–Crippen LogP) is 4.84. The van der Waals surface area contributed by atoms with Gasteiger partial charge in [-0.2, -0.15) is 13.2 Å². The molecule has 2 N–H and O–H groups in total. The highest BCUT2D eigenvalue weighted by Crippen LogP contribution is 2.68. The second-order valence-electron chi connectivity index (χ2n) is 10.1. The number of amides is 2. The van der Waals surface area contributed by atoms with Crippen LogP contribution >= 0.6 is 23.1 Å². The number of alkyl halides is 3. The minimum atomic E-state index is -4.59. The smallest absolute Gasteiger partial charge is 0.416 e. The van der Waals surface area contributed by atoms with Gasteiger partial charge in [0.25, 0.3) is 0 Å². The Kier molecular flexibility index (Phi) is 4.83. The molecule has 3 heterocycles. The molecule has 1 saturated heterocycles. The summed E-state index contributed by atoms with van der Waals surface area (Å²) in [7, 11) is 0. The van der Waals surface area contributed by atoms with Crippen LogP contribution < -0.4 is 9.77 Å². The van der Waals surface area contributed by atoms with E-state index in [1.165, 1.54) is 12.1 Å². The van der Waals surface area contributed by atoms with Crippen LogP contribution in [0.15, 0.2) is 58.4 Å². The Hall–Kier alpha value is -3.05. The standard InChI is InChI=1S/C26H19F3N2O4S2/c27-26(28,29)11-2-1-3-12(8-11)31-23(33)18-14-9-15(19(18)24(31)34)20-17(14)16(10-4-6-13(32)7-5-10)21-22(36-20)30-25(35)37-21/h1-8,14-20,32H,9H2,(H,30,35)/t14-,15+,16+,17-,18+,19+,20-/m0/s1. The molecule has 7 atom stereocenters. The van der Waals surface area contributed by atoms with Gasteiger partial charge in [0.1, 0.15) is 5.75 Å². The largest absolute Gasteiger partial charge is 0.508 e. The van der Waals surface area contributed by atoms with E-state index in [1.54, 1.807) is 23.9 Å². The number of benzene rings is 2. The zero-order valence-corrected chi connectivity index (χ0v) is 20.6. The van der Waals surface area contributed by atoms with Crippen molar-refractivity contribution in [3.63, 3.8) is 0 Å². The van der Waals surface area contributed by atoms with E-state index >= 15 is 0 Å². The highest BCUT2D eigenvalue weighted by molar-refractivity contribution is 8.00. The first-order valence-corrected chi connectivity index (χ1v) is 13.6. The molecule has 0 unspecified atom stereocenters. The molecule has 0 spiro atoms. The van der Waals surface area contributed by atoms with Crippen molar-refractivity contribution in [3.05, 3.63) is 74.2 Å². The Morgan fingerprint density at radius 3 is 2.38 bits per heavy atom. The van der Waals surface area contributed by atoms with Crippen molar-refractivity contribution in [2.24, 2.45) is 29.6 Å². The average Bonchev–Trinajstić information content (AvgIpc) is 3.58. The van der Waals surface area contributed by atoms with Crippen LogP contribution in [0.4, 0.5) is 18.9 Å². The summed E-state index contributed by atoms with van der Waals surface area (Å²) in [5, 5.41) is 10.6. The molecule has 37 heavy (non-hydrogen) atoms. The van der Waals surface area contributed by atoms with E-state index in [2.05, 4.69) is 4.98 Å². The number of rotatable bonds is 2. The Morgan fingerprint density at radius 1 is 0.973 bits per heavy atom. The monoisotopic (exact) mass is 544 g/mol. The van der Waals surface area contributed by atoms with Crippen LogP contribution in [0.3, 0.4) is 0 Å². The lowest BCUT2D eigenvalue weighted by Gasteiger charge is -2.43. The van der Waals surface area contributed by atoms with Crippen molar-refractivity contribution in [3.8, 4) is 5.75 Å². The van der Waals surface area contributed by atoms with Crippen molar-refractivity contribution < 1.29 is 27.9 Å². The van der Waals surface area contributed by atoms with Crippen molar-refractivity contribution in [2.75, 3.05) is 4.90 Å². The van der Waals surface area contributed by atoms with E-state index < -0.39 is 35.4 Å². The van der Waals surface area contributed by atoms with Gasteiger partial charge in [-0.05, 0) is 60.1 Å². The van der Waals surface area contributed by atoms with Gasteiger partial charge in [0, 0.05) is 16.0 Å². The van der Waals surface area contributed by atoms with Gasteiger partial charge in [0.2, 0.25) is 11.8 Å². The molecular weight excluding hydrogens is 525 g/mol. The number of hydrogen-bond acceptors (Lipinski definition) is 6. The normalized spacial score (nSPS) is 32.0. The van der Waals surface area contributed by atoms with Crippen molar-refractivity contribution in [1.82, 2.24) is 4.98 Å². The molecule has 2 bridgehead atoms. The fraction of sp³-hybridized carbons (Fsp3) is 0.346. The van der Waals surface area contributed by atoms with Gasteiger partial charge in [-0.25, -0.2) is 0 Å². The number of carbonyl (C=O) groups excluding carboxylic acids is 2. The first-order valence-electron chi connectivity index (χ1n) is 11.9. The minimum Gasteiger partial charge on any atom is -0.508 e. The number of fused-ring (bicyclic) bond motifs is 9. The highest BCUT2D eigenvalue weighted by atomic mass is 32.2. The van der Waals surface area contributed by atoms with Crippen LogP contribution in [0.25, 0.3) is 0 Å². The third kappa shape index (κ3) is 3.22. The van der Waals surface area contributed by atoms with Crippen molar-refractivity contribution >= 4 is 40.6 Å². The number of carbonyl (C=O) groups is 2. The molecule has 2 amide bonds. The lowest BCUT2D eigenvalue weighted by Crippen LogP contribution is -2.42. The van der Waals surface area contributed by atoms with Crippen LogP contribution in [0.1, 0.15) is 28.3 Å². The lowest BCUT2D eigenvalue weighted by molar-refractivity contribution is -0.137. The lowest BCUT2D eigenvalue weighted by atomic mass is 9.68. The van der Waals surface area contributed by atoms with E-state index in [0.717, 1.165) is 43.8 Å². The number of anilines is 1. The second-order valence-corrected chi connectivity index (χ2v) is 12.3. The number of imide groups is 1. The number of halogens is 3. The number of phenolic OH excluding ortho intramolecular Hbond substituents is 1. The van der Waals surface area contributed by atoms with Gasteiger partial charge in [0.15, 0.2) is 0 Å². The molecule has 190 valence electrons. The second kappa shape index (κ2) is 7.73. The fourth-order valence-electron chi connectivity index (χ4n) is 7.15. The Morgan fingerprint density at radius 2 is 1.68 bits per heavy atom. The molecule has 1 aromatic heterocycles. The first-order chi connectivity index (χ1) is 17.6. The van der Waals surface area contributed by atoms with Gasteiger partial charge < -0.3 is 10.1 Å². The molecule has 2 saturated carbocycles. The molecule has 2 aliphatic carbocycles. The summed E-state index contributed by atoms with van der Waals surface area (Å²) in [5.74, 6) is -2.45. The summed E-state index contributed by atoms with van der Waals surface area (Å²) in [5.41, 5.74) is -0.0383. The van der Waals surface area contributed by atoms with Crippen molar-refractivity contribution in [2.45, 2.75) is 28.8 Å². The number of aromatic nitrogens is 1. The van der Waals surface area contributed by atoms with Gasteiger partial charge >= 0.3 is 11.0 Å². The van der Waals surface area contributed by atoms with Crippen LogP contribution in [0, 0.1) is 29.6 Å². The van der Waals surface area contributed by atoms with Gasteiger partial charge in [-0.1, -0.05) is 29.5 Å². The zero-order chi connectivity index (χ0) is 25.8. The van der Waals surface area contributed by atoms with Gasteiger partial charge in [-0.3, -0.25) is 19.3 Å². The number of hydrogen-bond donors (Lipinski definition) is 2. The maximum absolute atomic E-state index is 13.7. The summed E-state index contributed by atoms with van der Waals surface area (Å²) in [6, 6.07) is 11.2. The maximum Gasteiger partial charge on any atom is 0.416 e. The molecular formula is C26H19F3N2O4S2.